The fraction of sp³-hybridized carbons (Fsp3) is 0.200. The molecule has 0 unspecified atom stereocenters. The number of nitrogens with one attached hydrogen (secondary N) is 1. The number of nitrogen functional groups attached to an aromatic ring is 1. The van der Waals surface area contributed by atoms with Crippen LogP contribution in [0.1, 0.15) is 11.1 Å². The average Bonchev–Trinajstić information content (AvgIpc) is 2.45. The molecule has 1 heterocycles. The monoisotopic (exact) mass is 270 g/mol. The summed E-state index contributed by atoms with van der Waals surface area (Å²) in [7, 11) is 3.51. The van der Waals surface area contributed by atoms with E-state index >= 15 is 0 Å². The minimum atomic E-state index is 0.00680. The van der Waals surface area contributed by atoms with Crippen LogP contribution in [0.15, 0.2) is 36.5 Å². The lowest BCUT2D eigenvalue weighted by Crippen LogP contribution is -2.21. The number of rotatable bonds is 4. The molecule has 5 nitrogen and oxygen atoms in total. The third-order valence-electron chi connectivity index (χ3n) is 3.17. The second-order valence-electron chi connectivity index (χ2n) is 4.47. The highest BCUT2D eigenvalue weighted by molar-refractivity contribution is 6.01. The van der Waals surface area contributed by atoms with Gasteiger partial charge in [0, 0.05) is 13.2 Å². The third-order valence-corrected chi connectivity index (χ3v) is 3.17. The van der Waals surface area contributed by atoms with Crippen molar-refractivity contribution in [1.82, 2.24) is 4.98 Å². The van der Waals surface area contributed by atoms with Gasteiger partial charge in [-0.2, -0.15) is 0 Å². The Morgan fingerprint density at radius 1 is 1.30 bits per heavy atom. The summed E-state index contributed by atoms with van der Waals surface area (Å²) in [6.45, 7) is 1.91. The van der Waals surface area contributed by atoms with Gasteiger partial charge in [0.25, 0.3) is 0 Å². The first-order valence-electron chi connectivity index (χ1n) is 6.23. The first-order chi connectivity index (χ1) is 9.56. The van der Waals surface area contributed by atoms with Gasteiger partial charge in [-0.3, -0.25) is 5.41 Å². The lowest BCUT2D eigenvalue weighted by atomic mass is 10.1. The molecule has 5 heteroatoms. The number of anilines is 2. The second-order valence-corrected chi connectivity index (χ2v) is 4.47. The van der Waals surface area contributed by atoms with E-state index in [-0.39, 0.29) is 5.84 Å². The van der Waals surface area contributed by atoms with Gasteiger partial charge in [-0.25, -0.2) is 4.98 Å². The van der Waals surface area contributed by atoms with Crippen molar-refractivity contribution in [3.63, 3.8) is 0 Å². The highest BCUT2D eigenvalue weighted by atomic mass is 16.5. The zero-order valence-corrected chi connectivity index (χ0v) is 11.8. The molecule has 0 saturated heterocycles. The van der Waals surface area contributed by atoms with Crippen LogP contribution in [0, 0.1) is 12.3 Å². The summed E-state index contributed by atoms with van der Waals surface area (Å²) in [5.74, 6) is 1.39. The summed E-state index contributed by atoms with van der Waals surface area (Å²) in [5, 5.41) is 7.75. The standard InChI is InChI=1S/C15H18N4O/c1-10-8-9-18-15(13(10)14(16)17)19(2)11-6-4-5-7-12(11)20-3/h4-9H,1-3H3,(H3,16,17). The summed E-state index contributed by atoms with van der Waals surface area (Å²) in [6.07, 6.45) is 1.71. The molecule has 0 bridgehead atoms. The molecule has 0 spiro atoms. The van der Waals surface area contributed by atoms with Gasteiger partial charge in [-0.15, -0.1) is 0 Å². The molecule has 0 amide bonds. The molecule has 2 rings (SSSR count). The Hall–Kier alpha value is -2.56. The van der Waals surface area contributed by atoms with Crippen molar-refractivity contribution in [2.75, 3.05) is 19.1 Å². The van der Waals surface area contributed by atoms with Crippen molar-refractivity contribution in [2.45, 2.75) is 6.92 Å². The average molecular weight is 270 g/mol. The lowest BCUT2D eigenvalue weighted by Gasteiger charge is -2.23. The zero-order chi connectivity index (χ0) is 14.7. The van der Waals surface area contributed by atoms with Crippen LogP contribution in [0.2, 0.25) is 0 Å². The SMILES string of the molecule is COc1ccccc1N(C)c1nccc(C)c1C(=N)N. The van der Waals surface area contributed by atoms with Gasteiger partial charge in [-0.1, -0.05) is 12.1 Å². The summed E-state index contributed by atoms with van der Waals surface area (Å²) in [6, 6.07) is 9.50. The van der Waals surface area contributed by atoms with Crippen LogP contribution in [-0.2, 0) is 0 Å². The number of hydrogen-bond donors (Lipinski definition) is 2. The van der Waals surface area contributed by atoms with E-state index in [1.807, 2.05) is 49.2 Å². The number of nitrogens with zero attached hydrogens (tertiary/aromatic N) is 2. The first-order valence-corrected chi connectivity index (χ1v) is 6.23. The van der Waals surface area contributed by atoms with Crippen molar-refractivity contribution < 1.29 is 4.74 Å². The molecule has 0 radical (unpaired) electrons. The zero-order valence-electron chi connectivity index (χ0n) is 11.8. The Labute approximate surface area is 118 Å². The smallest absolute Gasteiger partial charge is 0.144 e. The van der Waals surface area contributed by atoms with E-state index < -0.39 is 0 Å². The van der Waals surface area contributed by atoms with Gasteiger partial charge in [-0.05, 0) is 30.7 Å². The maximum Gasteiger partial charge on any atom is 0.144 e. The summed E-state index contributed by atoms with van der Waals surface area (Å²) in [4.78, 5) is 6.24. The molecule has 2 aromatic rings. The lowest BCUT2D eigenvalue weighted by molar-refractivity contribution is 0.415. The maximum atomic E-state index is 7.75. The normalized spacial score (nSPS) is 10.2. The van der Waals surface area contributed by atoms with E-state index in [1.54, 1.807) is 13.3 Å². The van der Waals surface area contributed by atoms with Crippen molar-refractivity contribution in [1.29, 1.82) is 5.41 Å². The number of aromatic nitrogens is 1. The molecule has 1 aromatic heterocycles. The molecule has 0 atom stereocenters. The fourth-order valence-electron chi connectivity index (χ4n) is 2.15. The van der Waals surface area contributed by atoms with Gasteiger partial charge in [0.15, 0.2) is 0 Å². The van der Waals surface area contributed by atoms with Gasteiger partial charge in [0.1, 0.15) is 17.4 Å². The van der Waals surface area contributed by atoms with Gasteiger partial charge in [0.2, 0.25) is 0 Å². The molecule has 0 fully saturated rings. The largest absolute Gasteiger partial charge is 0.495 e. The number of hydrogen-bond acceptors (Lipinski definition) is 4. The number of nitrogens with two attached hydrogens (primary N) is 1. The number of aryl methyl sites for hydroxylation is 1. The Morgan fingerprint density at radius 2 is 2.00 bits per heavy atom. The predicted octanol–water partition coefficient (Wildman–Crippen LogP) is 2.45. The number of methoxy groups -OCH3 is 1. The van der Waals surface area contributed by atoms with Gasteiger partial charge >= 0.3 is 0 Å². The minimum absolute atomic E-state index is 0.00680. The highest BCUT2D eigenvalue weighted by Gasteiger charge is 2.17. The van der Waals surface area contributed by atoms with Crippen molar-refractivity contribution in [3.8, 4) is 5.75 Å². The van der Waals surface area contributed by atoms with E-state index in [4.69, 9.17) is 15.9 Å². The second kappa shape index (κ2) is 5.61. The number of para-hydroxylation sites is 2. The van der Waals surface area contributed by atoms with Crippen molar-refractivity contribution in [2.24, 2.45) is 5.73 Å². The van der Waals surface area contributed by atoms with Crippen molar-refractivity contribution in [3.05, 3.63) is 47.7 Å². The van der Waals surface area contributed by atoms with E-state index in [2.05, 4.69) is 4.98 Å². The molecule has 0 aliphatic heterocycles. The number of ether oxygens (including phenoxy) is 1. The van der Waals surface area contributed by atoms with Crippen LogP contribution < -0.4 is 15.4 Å². The first kappa shape index (κ1) is 13.9. The molecule has 0 saturated carbocycles. The third kappa shape index (κ3) is 2.42. The number of amidine groups is 1. The van der Waals surface area contributed by atoms with Crippen LogP contribution in [0.25, 0.3) is 0 Å². The van der Waals surface area contributed by atoms with Crippen LogP contribution in [0.5, 0.6) is 5.75 Å². The van der Waals surface area contributed by atoms with E-state index in [9.17, 15) is 0 Å². The van der Waals surface area contributed by atoms with E-state index in [1.165, 1.54) is 0 Å². The molecule has 104 valence electrons. The molecular formula is C15H18N4O. The number of benzene rings is 1. The van der Waals surface area contributed by atoms with Crippen LogP contribution in [0.3, 0.4) is 0 Å². The Bertz CT molecular complexity index is 640. The van der Waals surface area contributed by atoms with Crippen LogP contribution in [0.4, 0.5) is 11.5 Å². The van der Waals surface area contributed by atoms with E-state index in [0.29, 0.717) is 11.4 Å². The highest BCUT2D eigenvalue weighted by Crippen LogP contribution is 2.33. The molecule has 1 aromatic carbocycles. The number of pyridine rings is 1. The topological polar surface area (TPSA) is 75.2 Å². The van der Waals surface area contributed by atoms with Crippen LogP contribution >= 0.6 is 0 Å². The van der Waals surface area contributed by atoms with Gasteiger partial charge in [0.05, 0.1) is 18.4 Å². The Morgan fingerprint density at radius 3 is 2.65 bits per heavy atom. The molecule has 3 N–H and O–H groups in total. The molecule has 0 aliphatic carbocycles. The fourth-order valence-corrected chi connectivity index (χ4v) is 2.15. The quantitative estimate of drug-likeness (QED) is 0.661. The van der Waals surface area contributed by atoms with Gasteiger partial charge < -0.3 is 15.4 Å². The summed E-state index contributed by atoms with van der Waals surface area (Å²) >= 11 is 0. The molecular weight excluding hydrogens is 252 g/mol. The minimum Gasteiger partial charge on any atom is -0.495 e. The maximum absolute atomic E-state index is 7.75. The Balaban J connectivity index is 2.57. The van der Waals surface area contributed by atoms with Crippen LogP contribution in [-0.4, -0.2) is 25.0 Å². The molecule has 0 aliphatic rings. The summed E-state index contributed by atoms with van der Waals surface area (Å²) in [5.41, 5.74) is 8.12. The Kier molecular flexibility index (Phi) is 3.89. The van der Waals surface area contributed by atoms with E-state index in [0.717, 1.165) is 17.0 Å². The summed E-state index contributed by atoms with van der Waals surface area (Å²) < 4.78 is 5.36. The van der Waals surface area contributed by atoms with Crippen molar-refractivity contribution >= 4 is 17.3 Å². The molecule has 20 heavy (non-hydrogen) atoms. The predicted molar refractivity (Wildman–Crippen MR) is 81.0 cm³/mol.